The molecule has 1 heterocycles. The largest absolute Gasteiger partial charge is 0.316 e. The highest BCUT2D eigenvalue weighted by molar-refractivity contribution is 5.90. The van der Waals surface area contributed by atoms with E-state index in [0.717, 1.165) is 50.3 Å². The molecule has 0 saturated heterocycles. The molecule has 0 atom stereocenters. The third kappa shape index (κ3) is 8.82. The molecule has 0 aliphatic carbocycles. The predicted molar refractivity (Wildman–Crippen MR) is 137 cm³/mol. The van der Waals surface area contributed by atoms with Gasteiger partial charge in [-0.2, -0.15) is 0 Å². The molecule has 4 nitrogen and oxygen atoms in total. The van der Waals surface area contributed by atoms with Crippen LogP contribution in [0.3, 0.4) is 0 Å². The average Bonchev–Trinajstić information content (AvgIpc) is 2.85. The molecule has 1 aromatic heterocycles. The van der Waals surface area contributed by atoms with Crippen molar-refractivity contribution in [3.63, 3.8) is 0 Å². The number of hydrogen-bond donors (Lipinski definition) is 0. The zero-order chi connectivity index (χ0) is 23.3. The zero-order valence-electron chi connectivity index (χ0n) is 20.1. The summed E-state index contributed by atoms with van der Waals surface area (Å²) in [6.07, 6.45) is 8.83. The Morgan fingerprint density at radius 1 is 0.758 bits per heavy atom. The van der Waals surface area contributed by atoms with Crippen LogP contribution in [0, 0.1) is 0 Å². The van der Waals surface area contributed by atoms with Gasteiger partial charge in [-0.3, -0.25) is 14.7 Å². The van der Waals surface area contributed by atoms with Crippen LogP contribution in [0.5, 0.6) is 0 Å². The Morgan fingerprint density at radius 2 is 1.48 bits per heavy atom. The SMILES string of the molecule is CC(=O)N(C)c1ccc(CN(CCCCCc2ccccc2)CCCc2ccccn2)cc1. The van der Waals surface area contributed by atoms with Gasteiger partial charge in [-0.15, -0.1) is 0 Å². The molecular formula is C29H37N3O. The first kappa shape index (κ1) is 24.7. The minimum Gasteiger partial charge on any atom is -0.316 e. The van der Waals surface area contributed by atoms with Crippen molar-refractivity contribution in [2.24, 2.45) is 0 Å². The van der Waals surface area contributed by atoms with Crippen molar-refractivity contribution in [1.29, 1.82) is 0 Å². The third-order valence-electron chi connectivity index (χ3n) is 6.12. The molecule has 2 aromatic carbocycles. The summed E-state index contributed by atoms with van der Waals surface area (Å²) < 4.78 is 0. The number of unbranched alkanes of at least 4 members (excludes halogenated alkanes) is 2. The number of carbonyl (C=O) groups is 1. The van der Waals surface area contributed by atoms with Gasteiger partial charge in [0.15, 0.2) is 0 Å². The third-order valence-corrected chi connectivity index (χ3v) is 6.12. The van der Waals surface area contributed by atoms with Gasteiger partial charge in [-0.05, 0) is 80.6 Å². The highest BCUT2D eigenvalue weighted by atomic mass is 16.2. The van der Waals surface area contributed by atoms with Crippen LogP contribution in [0.2, 0.25) is 0 Å². The lowest BCUT2D eigenvalue weighted by molar-refractivity contribution is -0.116. The van der Waals surface area contributed by atoms with Crippen LogP contribution in [0.25, 0.3) is 0 Å². The molecule has 0 bridgehead atoms. The van der Waals surface area contributed by atoms with Gasteiger partial charge in [-0.25, -0.2) is 0 Å². The fourth-order valence-corrected chi connectivity index (χ4v) is 4.05. The maximum atomic E-state index is 11.6. The summed E-state index contributed by atoms with van der Waals surface area (Å²) in [6, 6.07) is 25.3. The van der Waals surface area contributed by atoms with Crippen molar-refractivity contribution in [2.75, 3.05) is 25.0 Å². The Labute approximate surface area is 199 Å². The maximum Gasteiger partial charge on any atom is 0.223 e. The van der Waals surface area contributed by atoms with E-state index in [-0.39, 0.29) is 5.91 Å². The first-order chi connectivity index (χ1) is 16.1. The van der Waals surface area contributed by atoms with Crippen molar-refractivity contribution in [3.8, 4) is 0 Å². The Hall–Kier alpha value is -2.98. The summed E-state index contributed by atoms with van der Waals surface area (Å²) in [5, 5.41) is 0. The molecule has 0 aliphatic rings. The van der Waals surface area contributed by atoms with E-state index >= 15 is 0 Å². The van der Waals surface area contributed by atoms with E-state index in [2.05, 4.69) is 64.5 Å². The summed E-state index contributed by atoms with van der Waals surface area (Å²) in [5.74, 6) is 0.0504. The smallest absolute Gasteiger partial charge is 0.223 e. The summed E-state index contributed by atoms with van der Waals surface area (Å²) in [4.78, 5) is 20.3. The quantitative estimate of drug-likeness (QED) is 0.308. The number of pyridine rings is 1. The number of anilines is 1. The van der Waals surface area contributed by atoms with E-state index in [1.807, 2.05) is 31.4 Å². The van der Waals surface area contributed by atoms with E-state index in [9.17, 15) is 4.79 Å². The molecule has 0 saturated carbocycles. The molecule has 174 valence electrons. The monoisotopic (exact) mass is 443 g/mol. The Balaban J connectivity index is 1.50. The van der Waals surface area contributed by atoms with Crippen LogP contribution >= 0.6 is 0 Å². The molecule has 0 spiro atoms. The Morgan fingerprint density at radius 3 is 2.18 bits per heavy atom. The van der Waals surface area contributed by atoms with Gasteiger partial charge in [0.05, 0.1) is 0 Å². The van der Waals surface area contributed by atoms with Crippen LogP contribution in [0.1, 0.15) is 49.4 Å². The molecule has 0 N–H and O–H groups in total. The van der Waals surface area contributed by atoms with E-state index in [4.69, 9.17) is 0 Å². The number of aryl methyl sites for hydroxylation is 2. The molecule has 0 fully saturated rings. The number of nitrogens with zero attached hydrogens (tertiary/aromatic N) is 3. The minimum absolute atomic E-state index is 0.0504. The second kappa shape index (κ2) is 13.5. The van der Waals surface area contributed by atoms with Crippen molar-refractivity contribution < 1.29 is 4.79 Å². The molecule has 4 heteroatoms. The number of amides is 1. The second-order valence-electron chi connectivity index (χ2n) is 8.74. The van der Waals surface area contributed by atoms with E-state index < -0.39 is 0 Å². The van der Waals surface area contributed by atoms with Crippen LogP contribution in [-0.2, 0) is 24.2 Å². The fourth-order valence-electron chi connectivity index (χ4n) is 4.05. The van der Waals surface area contributed by atoms with Gasteiger partial charge < -0.3 is 4.90 Å². The van der Waals surface area contributed by atoms with Gasteiger partial charge in [-0.1, -0.05) is 55.0 Å². The van der Waals surface area contributed by atoms with Crippen LogP contribution in [0.4, 0.5) is 5.69 Å². The lowest BCUT2D eigenvalue weighted by atomic mass is 10.1. The average molecular weight is 444 g/mol. The van der Waals surface area contributed by atoms with Crippen molar-refractivity contribution in [1.82, 2.24) is 9.88 Å². The number of hydrogen-bond acceptors (Lipinski definition) is 3. The summed E-state index contributed by atoms with van der Waals surface area (Å²) >= 11 is 0. The van der Waals surface area contributed by atoms with Gasteiger partial charge in [0, 0.05) is 38.1 Å². The van der Waals surface area contributed by atoms with Crippen LogP contribution in [-0.4, -0.2) is 35.9 Å². The normalized spacial score (nSPS) is 11.0. The molecule has 0 radical (unpaired) electrons. The highest BCUT2D eigenvalue weighted by Gasteiger charge is 2.09. The van der Waals surface area contributed by atoms with E-state index in [0.29, 0.717) is 0 Å². The van der Waals surface area contributed by atoms with Gasteiger partial charge >= 0.3 is 0 Å². The molecular weight excluding hydrogens is 406 g/mol. The van der Waals surface area contributed by atoms with Gasteiger partial charge in [0.1, 0.15) is 0 Å². The van der Waals surface area contributed by atoms with Crippen LogP contribution < -0.4 is 4.90 Å². The standard InChI is InChI=1S/C29H37N3O/c1-25(33)31(2)29-19-17-27(18-20-29)24-32(23-11-16-28-15-8-9-21-30-28)22-10-4-7-14-26-12-5-3-6-13-26/h3,5-6,8-9,12-13,15,17-21H,4,7,10-11,14,16,22-24H2,1-2H3. The highest BCUT2D eigenvalue weighted by Crippen LogP contribution is 2.16. The predicted octanol–water partition coefficient (Wildman–Crippen LogP) is 5.91. The molecule has 0 unspecified atom stereocenters. The molecule has 3 aromatic rings. The maximum absolute atomic E-state index is 11.6. The van der Waals surface area contributed by atoms with Gasteiger partial charge in [0.2, 0.25) is 5.91 Å². The molecule has 0 aliphatic heterocycles. The second-order valence-corrected chi connectivity index (χ2v) is 8.74. The number of rotatable bonds is 13. The van der Waals surface area contributed by atoms with E-state index in [1.54, 1.807) is 11.8 Å². The van der Waals surface area contributed by atoms with Crippen LogP contribution in [0.15, 0.2) is 79.0 Å². The molecule has 33 heavy (non-hydrogen) atoms. The first-order valence-electron chi connectivity index (χ1n) is 12.1. The van der Waals surface area contributed by atoms with Gasteiger partial charge in [0.25, 0.3) is 0 Å². The summed E-state index contributed by atoms with van der Waals surface area (Å²) in [7, 11) is 1.82. The topological polar surface area (TPSA) is 36.4 Å². The van der Waals surface area contributed by atoms with E-state index in [1.165, 1.54) is 30.4 Å². The van der Waals surface area contributed by atoms with Crippen molar-refractivity contribution >= 4 is 11.6 Å². The Bertz CT molecular complexity index is 942. The number of aromatic nitrogens is 1. The minimum atomic E-state index is 0.0504. The lowest BCUT2D eigenvalue weighted by Crippen LogP contribution is -2.26. The van der Waals surface area contributed by atoms with Crippen molar-refractivity contribution in [3.05, 3.63) is 95.8 Å². The number of carbonyl (C=O) groups excluding carboxylic acids is 1. The zero-order valence-corrected chi connectivity index (χ0v) is 20.1. The summed E-state index contributed by atoms with van der Waals surface area (Å²) in [6.45, 7) is 4.69. The molecule has 1 amide bonds. The summed E-state index contributed by atoms with van der Waals surface area (Å²) in [5.41, 5.74) is 4.82. The molecule has 3 rings (SSSR count). The number of benzene rings is 2. The Kier molecular flexibility index (Phi) is 10.1. The first-order valence-corrected chi connectivity index (χ1v) is 12.1. The lowest BCUT2D eigenvalue weighted by Gasteiger charge is -2.23. The van der Waals surface area contributed by atoms with Crippen molar-refractivity contribution in [2.45, 2.75) is 52.0 Å². The fraction of sp³-hybridized carbons (Fsp3) is 0.379.